The Morgan fingerprint density at radius 3 is 2.80 bits per heavy atom. The molecule has 0 atom stereocenters. The molecular weight excluding hydrogens is 122 g/mol. The van der Waals surface area contributed by atoms with Gasteiger partial charge < -0.3 is 5.41 Å². The standard InChI is InChI=1S/C9H9N/c1-8-4-2-3-5-9(6-8)7-10/h2-5,7,10H,1H3. The van der Waals surface area contributed by atoms with Gasteiger partial charge >= 0.3 is 0 Å². The number of nitrogens with one attached hydrogen (secondary N) is 1. The summed E-state index contributed by atoms with van der Waals surface area (Å²) in [5, 5.41) is 6.97. The van der Waals surface area contributed by atoms with Gasteiger partial charge in [0.1, 0.15) is 0 Å². The minimum Gasteiger partial charge on any atom is -0.307 e. The molecule has 0 bridgehead atoms. The molecule has 1 rings (SSSR count). The Morgan fingerprint density at radius 2 is 2.10 bits per heavy atom. The first-order valence-electron chi connectivity index (χ1n) is 3.15. The maximum atomic E-state index is 6.97. The van der Waals surface area contributed by atoms with Gasteiger partial charge in [0.15, 0.2) is 0 Å². The van der Waals surface area contributed by atoms with Crippen LogP contribution < -0.4 is 0 Å². The summed E-state index contributed by atoms with van der Waals surface area (Å²) in [5.74, 6) is 0. The zero-order chi connectivity index (χ0) is 7.40. The van der Waals surface area contributed by atoms with E-state index in [-0.39, 0.29) is 0 Å². The molecule has 0 fully saturated rings. The zero-order valence-electron chi connectivity index (χ0n) is 5.89. The monoisotopic (exact) mass is 131 g/mol. The molecule has 0 aromatic carbocycles. The van der Waals surface area contributed by atoms with Crippen LogP contribution in [0.15, 0.2) is 41.2 Å². The molecule has 0 unspecified atom stereocenters. The summed E-state index contributed by atoms with van der Waals surface area (Å²) in [6, 6.07) is 0. The molecule has 0 aromatic rings. The first-order valence-corrected chi connectivity index (χ1v) is 3.15. The molecule has 0 spiro atoms. The van der Waals surface area contributed by atoms with Gasteiger partial charge in [-0.3, -0.25) is 0 Å². The van der Waals surface area contributed by atoms with Gasteiger partial charge in [0.25, 0.3) is 0 Å². The third-order valence-corrected chi connectivity index (χ3v) is 1.23. The van der Waals surface area contributed by atoms with E-state index in [1.165, 1.54) is 6.21 Å². The van der Waals surface area contributed by atoms with Crippen LogP contribution in [0.25, 0.3) is 0 Å². The first-order chi connectivity index (χ1) is 4.83. The second-order valence-corrected chi connectivity index (χ2v) is 2.13. The van der Waals surface area contributed by atoms with Gasteiger partial charge in [-0.15, -0.1) is 5.73 Å². The highest BCUT2D eigenvalue weighted by Gasteiger charge is 1.86. The van der Waals surface area contributed by atoms with Crippen LogP contribution >= 0.6 is 0 Å². The van der Waals surface area contributed by atoms with Crippen molar-refractivity contribution in [3.63, 3.8) is 0 Å². The van der Waals surface area contributed by atoms with Gasteiger partial charge in [-0.05, 0) is 18.6 Å². The van der Waals surface area contributed by atoms with E-state index in [0.29, 0.717) is 0 Å². The lowest BCUT2D eigenvalue weighted by molar-refractivity contribution is 1.53. The second-order valence-electron chi connectivity index (χ2n) is 2.13. The number of allylic oxidation sites excluding steroid dienone is 5. The molecule has 0 amide bonds. The average molecular weight is 131 g/mol. The third-order valence-electron chi connectivity index (χ3n) is 1.23. The Morgan fingerprint density at radius 1 is 1.40 bits per heavy atom. The van der Waals surface area contributed by atoms with Crippen molar-refractivity contribution in [2.75, 3.05) is 0 Å². The molecule has 1 nitrogen and oxygen atoms in total. The van der Waals surface area contributed by atoms with Crippen molar-refractivity contribution in [3.05, 3.63) is 41.2 Å². The van der Waals surface area contributed by atoms with E-state index in [2.05, 4.69) is 5.73 Å². The highest BCUT2D eigenvalue weighted by molar-refractivity contribution is 5.80. The van der Waals surface area contributed by atoms with Gasteiger partial charge in [0.05, 0.1) is 0 Å². The number of hydrogen-bond donors (Lipinski definition) is 1. The molecular formula is C9H9N. The van der Waals surface area contributed by atoms with Gasteiger partial charge in [0, 0.05) is 11.8 Å². The highest BCUT2D eigenvalue weighted by Crippen LogP contribution is 2.01. The molecule has 1 aliphatic carbocycles. The SMILES string of the molecule is CC1=C=C(C=N)C=CC=C1. The summed E-state index contributed by atoms with van der Waals surface area (Å²) < 4.78 is 0. The minimum absolute atomic E-state index is 0.822. The van der Waals surface area contributed by atoms with Crippen molar-refractivity contribution < 1.29 is 0 Å². The summed E-state index contributed by atoms with van der Waals surface area (Å²) >= 11 is 0. The molecule has 1 heteroatoms. The van der Waals surface area contributed by atoms with E-state index in [0.717, 1.165) is 11.1 Å². The predicted molar refractivity (Wildman–Crippen MR) is 43.3 cm³/mol. The van der Waals surface area contributed by atoms with E-state index in [1.54, 1.807) is 0 Å². The lowest BCUT2D eigenvalue weighted by Gasteiger charge is -1.81. The fourth-order valence-corrected chi connectivity index (χ4v) is 0.754. The van der Waals surface area contributed by atoms with E-state index >= 15 is 0 Å². The topological polar surface area (TPSA) is 23.9 Å². The fraction of sp³-hybridized carbons (Fsp3) is 0.111. The molecule has 1 aliphatic rings. The van der Waals surface area contributed by atoms with Crippen molar-refractivity contribution >= 4 is 6.21 Å². The highest BCUT2D eigenvalue weighted by atomic mass is 14.3. The lowest BCUT2D eigenvalue weighted by Crippen LogP contribution is -1.72. The van der Waals surface area contributed by atoms with Gasteiger partial charge in [-0.1, -0.05) is 18.2 Å². The summed E-state index contributed by atoms with van der Waals surface area (Å²) in [6.07, 6.45) is 8.97. The van der Waals surface area contributed by atoms with Gasteiger partial charge in [-0.2, -0.15) is 0 Å². The quantitative estimate of drug-likeness (QED) is 0.417. The number of hydrogen-bond acceptors (Lipinski definition) is 1. The molecule has 0 heterocycles. The molecule has 0 radical (unpaired) electrons. The van der Waals surface area contributed by atoms with Crippen LogP contribution in [0, 0.1) is 5.41 Å². The minimum atomic E-state index is 0.822. The van der Waals surface area contributed by atoms with Crippen molar-refractivity contribution in [2.45, 2.75) is 6.92 Å². The van der Waals surface area contributed by atoms with E-state index in [1.807, 2.05) is 31.2 Å². The largest absolute Gasteiger partial charge is 0.307 e. The maximum Gasteiger partial charge on any atom is 0.0343 e. The summed E-state index contributed by atoms with van der Waals surface area (Å²) in [5.41, 5.74) is 4.93. The normalized spacial score (nSPS) is 15.7. The Balaban J connectivity index is 3.11. The van der Waals surface area contributed by atoms with Crippen LogP contribution in [0.3, 0.4) is 0 Å². The average Bonchev–Trinajstić information content (AvgIpc) is 2.13. The first kappa shape index (κ1) is 6.79. The molecule has 1 N–H and O–H groups in total. The Labute approximate surface area is 60.6 Å². The Bertz CT molecular complexity index is 260. The molecule has 10 heavy (non-hydrogen) atoms. The number of rotatable bonds is 1. The zero-order valence-corrected chi connectivity index (χ0v) is 5.89. The van der Waals surface area contributed by atoms with Crippen molar-refractivity contribution in [3.8, 4) is 0 Å². The molecule has 0 saturated carbocycles. The summed E-state index contributed by atoms with van der Waals surface area (Å²) in [7, 11) is 0. The van der Waals surface area contributed by atoms with Crippen LogP contribution in [-0.4, -0.2) is 6.21 Å². The van der Waals surface area contributed by atoms with Gasteiger partial charge in [0.2, 0.25) is 0 Å². The lowest BCUT2D eigenvalue weighted by atomic mass is 10.2. The van der Waals surface area contributed by atoms with Gasteiger partial charge in [-0.25, -0.2) is 0 Å². The maximum absolute atomic E-state index is 6.97. The molecule has 50 valence electrons. The van der Waals surface area contributed by atoms with Crippen LogP contribution in [0.5, 0.6) is 0 Å². The van der Waals surface area contributed by atoms with Crippen LogP contribution in [0.1, 0.15) is 6.92 Å². The summed E-state index contributed by atoms with van der Waals surface area (Å²) in [6.45, 7) is 1.97. The van der Waals surface area contributed by atoms with Crippen molar-refractivity contribution in [2.24, 2.45) is 0 Å². The summed E-state index contributed by atoms with van der Waals surface area (Å²) in [4.78, 5) is 0. The van der Waals surface area contributed by atoms with E-state index in [9.17, 15) is 0 Å². The molecule has 0 aromatic heterocycles. The van der Waals surface area contributed by atoms with Crippen molar-refractivity contribution in [1.29, 1.82) is 5.41 Å². The van der Waals surface area contributed by atoms with Crippen LogP contribution in [0.4, 0.5) is 0 Å². The predicted octanol–water partition coefficient (Wildman–Crippen LogP) is 2.23. The second kappa shape index (κ2) is 3.00. The van der Waals surface area contributed by atoms with Crippen LogP contribution in [-0.2, 0) is 0 Å². The van der Waals surface area contributed by atoms with Crippen molar-refractivity contribution in [1.82, 2.24) is 0 Å². The van der Waals surface area contributed by atoms with E-state index in [4.69, 9.17) is 5.41 Å². The Kier molecular flexibility index (Phi) is 2.03. The van der Waals surface area contributed by atoms with E-state index < -0.39 is 0 Å². The van der Waals surface area contributed by atoms with Crippen LogP contribution in [0.2, 0.25) is 0 Å². The molecule has 0 aliphatic heterocycles. The molecule has 0 saturated heterocycles. The smallest absolute Gasteiger partial charge is 0.0343 e. The third kappa shape index (κ3) is 1.57. The Hall–Kier alpha value is -1.33. The fourth-order valence-electron chi connectivity index (χ4n) is 0.754.